The van der Waals surface area contributed by atoms with Crippen molar-refractivity contribution in [1.82, 2.24) is 14.9 Å². The summed E-state index contributed by atoms with van der Waals surface area (Å²) < 4.78 is 9.08. The maximum atomic E-state index is 12.5. The smallest absolute Gasteiger partial charge is 0.265 e. The van der Waals surface area contributed by atoms with Crippen molar-refractivity contribution in [2.24, 2.45) is 5.92 Å². The Morgan fingerprint density at radius 1 is 1.41 bits per heavy atom. The number of aryl methyl sites for hydroxylation is 1. The largest absolute Gasteiger partial charge is 0.497 e. The molecule has 0 saturated heterocycles. The van der Waals surface area contributed by atoms with Gasteiger partial charge in [-0.15, -0.1) is 5.10 Å². The van der Waals surface area contributed by atoms with E-state index in [1.807, 2.05) is 31.2 Å². The van der Waals surface area contributed by atoms with Crippen LogP contribution in [0.1, 0.15) is 46.7 Å². The standard InChI is InChI=1S/C16H19N3O2S/c1-3-13-15(22-19-18-13)16(20)17-14(10-4-5-10)11-6-8-12(21-2)9-7-11/h6-10,14H,3-5H2,1-2H3,(H,17,20). The summed E-state index contributed by atoms with van der Waals surface area (Å²) in [7, 11) is 1.65. The van der Waals surface area contributed by atoms with Gasteiger partial charge in [-0.2, -0.15) is 0 Å². The second-order valence-corrected chi connectivity index (χ2v) is 6.22. The number of ether oxygens (including phenoxy) is 1. The summed E-state index contributed by atoms with van der Waals surface area (Å²) >= 11 is 1.16. The van der Waals surface area contributed by atoms with E-state index in [0.717, 1.165) is 47.8 Å². The summed E-state index contributed by atoms with van der Waals surface area (Å²) in [6.07, 6.45) is 3.02. The molecule has 1 aromatic heterocycles. The fourth-order valence-electron chi connectivity index (χ4n) is 2.53. The minimum absolute atomic E-state index is 0.0465. The van der Waals surface area contributed by atoms with Gasteiger partial charge in [0.2, 0.25) is 0 Å². The van der Waals surface area contributed by atoms with Crippen molar-refractivity contribution in [3.05, 3.63) is 40.4 Å². The number of nitrogens with zero attached hydrogens (tertiary/aromatic N) is 2. The van der Waals surface area contributed by atoms with E-state index in [2.05, 4.69) is 14.9 Å². The molecule has 1 aliphatic carbocycles. The van der Waals surface area contributed by atoms with Gasteiger partial charge in [-0.1, -0.05) is 23.5 Å². The van der Waals surface area contributed by atoms with Crippen LogP contribution in [0.5, 0.6) is 5.75 Å². The molecule has 22 heavy (non-hydrogen) atoms. The molecule has 116 valence electrons. The summed E-state index contributed by atoms with van der Waals surface area (Å²) in [6.45, 7) is 1.98. The van der Waals surface area contributed by atoms with Gasteiger partial charge >= 0.3 is 0 Å². The first-order valence-corrected chi connectivity index (χ1v) is 8.26. The highest BCUT2D eigenvalue weighted by atomic mass is 32.1. The van der Waals surface area contributed by atoms with Crippen LogP contribution in [-0.4, -0.2) is 22.6 Å². The van der Waals surface area contributed by atoms with E-state index in [-0.39, 0.29) is 11.9 Å². The number of nitrogens with one attached hydrogen (secondary N) is 1. The summed E-state index contributed by atoms with van der Waals surface area (Å²) in [5, 5.41) is 7.17. The first-order valence-electron chi connectivity index (χ1n) is 7.49. The molecule has 1 N–H and O–H groups in total. The third-order valence-electron chi connectivity index (χ3n) is 3.95. The van der Waals surface area contributed by atoms with Gasteiger partial charge < -0.3 is 10.1 Å². The van der Waals surface area contributed by atoms with Crippen LogP contribution in [0.4, 0.5) is 0 Å². The number of rotatable bonds is 6. The Labute approximate surface area is 133 Å². The monoisotopic (exact) mass is 317 g/mol. The molecule has 1 heterocycles. The van der Waals surface area contributed by atoms with Crippen LogP contribution in [0.2, 0.25) is 0 Å². The first-order chi connectivity index (χ1) is 10.7. The molecular weight excluding hydrogens is 298 g/mol. The number of hydrogen-bond acceptors (Lipinski definition) is 5. The summed E-state index contributed by atoms with van der Waals surface area (Å²) in [4.78, 5) is 13.1. The van der Waals surface area contributed by atoms with Crippen LogP contribution in [0.3, 0.4) is 0 Å². The summed E-state index contributed by atoms with van der Waals surface area (Å²) in [6, 6.07) is 7.96. The molecule has 0 bridgehead atoms. The van der Waals surface area contributed by atoms with E-state index in [0.29, 0.717) is 10.8 Å². The van der Waals surface area contributed by atoms with Crippen molar-refractivity contribution >= 4 is 17.4 Å². The fraction of sp³-hybridized carbons (Fsp3) is 0.438. The Hall–Kier alpha value is -1.95. The highest BCUT2D eigenvalue weighted by Crippen LogP contribution is 2.41. The van der Waals surface area contributed by atoms with Crippen molar-refractivity contribution in [3.8, 4) is 5.75 Å². The number of aromatic nitrogens is 2. The van der Waals surface area contributed by atoms with Crippen LogP contribution in [-0.2, 0) is 6.42 Å². The Balaban J connectivity index is 1.78. The van der Waals surface area contributed by atoms with Gasteiger partial charge in [0.05, 0.1) is 18.8 Å². The van der Waals surface area contributed by atoms with Crippen LogP contribution >= 0.6 is 11.5 Å². The van der Waals surface area contributed by atoms with Gasteiger partial charge in [0.1, 0.15) is 10.6 Å². The van der Waals surface area contributed by atoms with Gasteiger partial charge in [-0.05, 0) is 54.4 Å². The van der Waals surface area contributed by atoms with Crippen molar-refractivity contribution in [2.45, 2.75) is 32.2 Å². The number of carbonyl (C=O) groups excluding carboxylic acids is 1. The maximum Gasteiger partial charge on any atom is 0.265 e. The quantitative estimate of drug-likeness (QED) is 0.889. The third kappa shape index (κ3) is 3.11. The van der Waals surface area contributed by atoms with E-state index >= 15 is 0 Å². The van der Waals surface area contributed by atoms with Gasteiger partial charge in [-0.25, -0.2) is 0 Å². The predicted octanol–water partition coefficient (Wildman–Crippen LogP) is 2.99. The molecular formula is C16H19N3O2S. The van der Waals surface area contributed by atoms with Crippen LogP contribution < -0.4 is 10.1 Å². The lowest BCUT2D eigenvalue weighted by atomic mass is 10.0. The van der Waals surface area contributed by atoms with Crippen molar-refractivity contribution in [1.29, 1.82) is 0 Å². The predicted molar refractivity (Wildman–Crippen MR) is 85.2 cm³/mol. The van der Waals surface area contributed by atoms with E-state index < -0.39 is 0 Å². The van der Waals surface area contributed by atoms with Crippen LogP contribution in [0.25, 0.3) is 0 Å². The molecule has 1 aromatic carbocycles. The van der Waals surface area contributed by atoms with Gasteiger partial charge in [0, 0.05) is 0 Å². The minimum Gasteiger partial charge on any atom is -0.497 e. The van der Waals surface area contributed by atoms with Crippen molar-refractivity contribution in [3.63, 3.8) is 0 Å². The number of benzene rings is 1. The molecule has 1 aliphatic rings. The highest BCUT2D eigenvalue weighted by molar-refractivity contribution is 7.08. The molecule has 0 aliphatic heterocycles. The van der Waals surface area contributed by atoms with E-state index in [9.17, 15) is 4.79 Å². The molecule has 1 atom stereocenters. The first kappa shape index (κ1) is 15.0. The Morgan fingerprint density at radius 3 is 2.73 bits per heavy atom. The van der Waals surface area contributed by atoms with E-state index in [1.165, 1.54) is 0 Å². The third-order valence-corrected chi connectivity index (χ3v) is 4.72. The van der Waals surface area contributed by atoms with Gasteiger partial charge in [-0.3, -0.25) is 4.79 Å². The number of methoxy groups -OCH3 is 1. The Bertz CT molecular complexity index is 650. The zero-order valence-electron chi connectivity index (χ0n) is 12.7. The summed E-state index contributed by atoms with van der Waals surface area (Å²) in [5.41, 5.74) is 1.89. The molecule has 1 amide bonds. The maximum absolute atomic E-state index is 12.5. The molecule has 0 radical (unpaired) electrons. The lowest BCUT2D eigenvalue weighted by Gasteiger charge is -2.18. The average molecular weight is 317 g/mol. The second-order valence-electron chi connectivity index (χ2n) is 5.46. The molecule has 1 saturated carbocycles. The molecule has 1 fully saturated rings. The second kappa shape index (κ2) is 6.44. The number of amides is 1. The van der Waals surface area contributed by atoms with Gasteiger partial charge in [0.25, 0.3) is 5.91 Å². The van der Waals surface area contributed by atoms with E-state index in [4.69, 9.17) is 4.74 Å². The molecule has 3 rings (SSSR count). The lowest BCUT2D eigenvalue weighted by molar-refractivity contribution is 0.0934. The molecule has 2 aromatic rings. The number of carbonyl (C=O) groups is 1. The SMILES string of the molecule is CCc1nnsc1C(=O)NC(c1ccc(OC)cc1)C1CC1. The fourth-order valence-corrected chi connectivity index (χ4v) is 3.19. The normalized spacial score (nSPS) is 15.4. The molecule has 6 heteroatoms. The number of hydrogen-bond donors (Lipinski definition) is 1. The zero-order valence-corrected chi connectivity index (χ0v) is 13.5. The topological polar surface area (TPSA) is 64.1 Å². The molecule has 5 nitrogen and oxygen atoms in total. The highest BCUT2D eigenvalue weighted by Gasteiger charge is 2.34. The zero-order chi connectivity index (χ0) is 15.5. The Kier molecular flexibility index (Phi) is 4.38. The lowest BCUT2D eigenvalue weighted by Crippen LogP contribution is -2.30. The van der Waals surface area contributed by atoms with Gasteiger partial charge in [0.15, 0.2) is 0 Å². The molecule has 1 unspecified atom stereocenters. The molecule has 0 spiro atoms. The van der Waals surface area contributed by atoms with Crippen molar-refractivity contribution in [2.75, 3.05) is 7.11 Å². The van der Waals surface area contributed by atoms with Crippen LogP contribution in [0, 0.1) is 5.92 Å². The summed E-state index contributed by atoms with van der Waals surface area (Å²) in [5.74, 6) is 1.27. The van der Waals surface area contributed by atoms with E-state index in [1.54, 1.807) is 7.11 Å². The van der Waals surface area contributed by atoms with Crippen molar-refractivity contribution < 1.29 is 9.53 Å². The Morgan fingerprint density at radius 2 is 2.14 bits per heavy atom. The van der Waals surface area contributed by atoms with Crippen LogP contribution in [0.15, 0.2) is 24.3 Å². The average Bonchev–Trinajstić information content (AvgIpc) is 3.28. The minimum atomic E-state index is -0.0698.